The molecule has 0 atom stereocenters. The first-order valence-corrected chi connectivity index (χ1v) is 37.6. The van der Waals surface area contributed by atoms with E-state index in [4.69, 9.17) is 23.6 Å². The fourth-order valence-corrected chi connectivity index (χ4v) is 12.0. The van der Waals surface area contributed by atoms with E-state index in [2.05, 4.69) is 37.7 Å². The molecule has 0 saturated carbocycles. The summed E-state index contributed by atoms with van der Waals surface area (Å²) in [6.07, 6.45) is 75.3. The summed E-state index contributed by atoms with van der Waals surface area (Å²) in [6, 6.07) is 0. The van der Waals surface area contributed by atoms with Crippen LogP contribution in [0.3, 0.4) is 0 Å². The topological polar surface area (TPSA) is 94.8 Å². The predicted octanol–water partition coefficient (Wildman–Crippen LogP) is 25.9. The lowest BCUT2D eigenvalue weighted by molar-refractivity contribution is 0.103. The largest absolute Gasteiger partial charge is 0.796 e. The summed E-state index contributed by atoms with van der Waals surface area (Å²) in [5, 5.41) is 0. The van der Waals surface area contributed by atoms with Gasteiger partial charge in [-0.25, -0.2) is 8.63 Å². The van der Waals surface area contributed by atoms with Gasteiger partial charge in [-0.3, -0.25) is 4.79 Å². The van der Waals surface area contributed by atoms with Crippen molar-refractivity contribution in [3.63, 3.8) is 0 Å². The van der Waals surface area contributed by atoms with Crippen molar-refractivity contribution in [3.05, 3.63) is 29.9 Å². The molecule has 0 fully saturated rings. The van der Waals surface area contributed by atoms with Crippen LogP contribution in [0.1, 0.15) is 403 Å². The maximum Gasteiger partial charge on any atom is 0.796 e. The first-order valence-electron chi connectivity index (χ1n) is 37.6. The molecule has 0 saturated heterocycles. The van der Waals surface area contributed by atoms with Gasteiger partial charge in [0.25, 0.3) is 0 Å². The standard InChI is InChI=1S/C75H137BF2N2O6/c1-5-9-13-17-21-25-29-33-37-41-45-49-53-57-61-82-70-66-79-72(74(70)84-63-59-55-51-47-43-39-35-31-27-23-19-15-11-7-3)68(81)65-69(86-76(77)78)73-75(85-64-60-56-52-48-44-40-36-32-28-24-20-16-12-8-4)71(67-80-73)83-62-58-54-50-46-42-38-34-30-26-22-18-14-10-6-2/h65-67,79-80H,5-64H2,1-4H3/b69-65-. The number of ether oxygens (including phenoxy) is 4. The van der Waals surface area contributed by atoms with E-state index in [9.17, 15) is 13.4 Å². The van der Waals surface area contributed by atoms with Gasteiger partial charge in [-0.2, -0.15) is 0 Å². The van der Waals surface area contributed by atoms with E-state index in [1.165, 1.54) is 289 Å². The van der Waals surface area contributed by atoms with E-state index in [0.717, 1.165) is 76.7 Å². The van der Waals surface area contributed by atoms with Gasteiger partial charge in [0.1, 0.15) is 17.1 Å². The molecule has 0 aromatic carbocycles. The van der Waals surface area contributed by atoms with Gasteiger partial charge in [0.05, 0.1) is 26.4 Å². The molecule has 0 aliphatic rings. The number of nitrogens with one attached hydrogen (secondary N) is 2. The van der Waals surface area contributed by atoms with Crippen LogP contribution in [0.15, 0.2) is 18.5 Å². The van der Waals surface area contributed by atoms with Gasteiger partial charge in [-0.1, -0.05) is 362 Å². The van der Waals surface area contributed by atoms with Crippen molar-refractivity contribution in [1.82, 2.24) is 9.97 Å². The van der Waals surface area contributed by atoms with E-state index in [1.54, 1.807) is 12.4 Å². The summed E-state index contributed by atoms with van der Waals surface area (Å²) in [7, 11) is -3.18. The van der Waals surface area contributed by atoms with Crippen molar-refractivity contribution < 1.29 is 37.0 Å². The number of carbonyl (C=O) groups is 1. The molecule has 0 amide bonds. The maximum atomic E-state index is 14.4. The summed E-state index contributed by atoms with van der Waals surface area (Å²) in [6.45, 7) is 10.9. The number of carbonyl (C=O) groups excluding carboxylic acids is 1. The molecule has 0 radical (unpaired) electrons. The Hall–Kier alpha value is -3.11. The van der Waals surface area contributed by atoms with Crippen LogP contribution in [0.2, 0.25) is 0 Å². The first kappa shape index (κ1) is 79.0. The molecule has 0 aliphatic heterocycles. The van der Waals surface area contributed by atoms with Gasteiger partial charge in [0.2, 0.25) is 5.78 Å². The van der Waals surface area contributed by atoms with Crippen LogP contribution < -0.4 is 18.9 Å². The number of hydrogen-bond donors (Lipinski definition) is 2. The summed E-state index contributed by atoms with van der Waals surface area (Å²) in [5.41, 5.74) is 0.304. The Morgan fingerprint density at radius 3 is 0.779 bits per heavy atom. The third-order valence-corrected chi connectivity index (χ3v) is 17.6. The van der Waals surface area contributed by atoms with Gasteiger partial charge in [0, 0.05) is 18.5 Å². The highest BCUT2D eigenvalue weighted by Gasteiger charge is 2.28. The molecule has 2 N–H and O–H groups in total. The normalized spacial score (nSPS) is 11.7. The molecule has 2 rings (SSSR count). The van der Waals surface area contributed by atoms with Crippen LogP contribution in [0.25, 0.3) is 5.76 Å². The Morgan fingerprint density at radius 1 is 0.326 bits per heavy atom. The van der Waals surface area contributed by atoms with Crippen LogP contribution in [0, 0.1) is 0 Å². The lowest BCUT2D eigenvalue weighted by atomic mass is 10.0. The van der Waals surface area contributed by atoms with E-state index in [-0.39, 0.29) is 17.1 Å². The smallest absolute Gasteiger partial charge is 0.503 e. The number of rotatable bonds is 69. The number of halogens is 2. The number of aromatic nitrogens is 2. The van der Waals surface area contributed by atoms with Crippen LogP contribution >= 0.6 is 0 Å². The highest BCUT2D eigenvalue weighted by Crippen LogP contribution is 2.39. The number of H-pyrrole nitrogens is 2. The summed E-state index contributed by atoms with van der Waals surface area (Å²) in [5.74, 6) is 0.648. The zero-order chi connectivity index (χ0) is 61.7. The van der Waals surface area contributed by atoms with Crippen molar-refractivity contribution >= 4 is 19.0 Å². The first-order chi connectivity index (χ1) is 42.5. The molecule has 11 heteroatoms. The molecule has 0 unspecified atom stereocenters. The van der Waals surface area contributed by atoms with Crippen molar-refractivity contribution in [1.29, 1.82) is 0 Å². The lowest BCUT2D eigenvalue weighted by Gasteiger charge is -2.14. The number of aromatic amines is 2. The van der Waals surface area contributed by atoms with E-state index < -0.39 is 13.3 Å². The molecule has 500 valence electrons. The molecule has 0 aliphatic carbocycles. The second kappa shape index (κ2) is 60.8. The van der Waals surface area contributed by atoms with Crippen LogP contribution in [-0.4, -0.2) is 49.6 Å². The third kappa shape index (κ3) is 45.2. The van der Waals surface area contributed by atoms with Crippen molar-refractivity contribution in [2.24, 2.45) is 0 Å². The molecule has 2 aromatic rings. The number of hydrogen-bond acceptors (Lipinski definition) is 6. The van der Waals surface area contributed by atoms with Gasteiger partial charge in [-0.15, -0.1) is 0 Å². The molecule has 2 aromatic heterocycles. The average Bonchev–Trinajstić information content (AvgIpc) is 4.35. The molecule has 0 bridgehead atoms. The van der Waals surface area contributed by atoms with E-state index in [0.29, 0.717) is 49.4 Å². The lowest BCUT2D eigenvalue weighted by Crippen LogP contribution is -2.10. The average molecular weight is 1210 g/mol. The Kier molecular flexibility index (Phi) is 55.8. The maximum absolute atomic E-state index is 14.4. The highest BCUT2D eigenvalue weighted by atomic mass is 19.2. The highest BCUT2D eigenvalue weighted by molar-refractivity contribution is 6.36. The fourth-order valence-electron chi connectivity index (χ4n) is 12.0. The molecule has 8 nitrogen and oxygen atoms in total. The zero-order valence-electron chi connectivity index (χ0n) is 56.9. The van der Waals surface area contributed by atoms with Crippen LogP contribution in [0.5, 0.6) is 23.0 Å². The molecular formula is C75H137BF2N2O6. The second-order valence-corrected chi connectivity index (χ2v) is 25.7. The van der Waals surface area contributed by atoms with Crippen LogP contribution in [0.4, 0.5) is 8.63 Å². The van der Waals surface area contributed by atoms with Crippen molar-refractivity contribution in [2.75, 3.05) is 26.4 Å². The number of allylic oxidation sites excluding steroid dienone is 1. The monoisotopic (exact) mass is 1210 g/mol. The molecule has 86 heavy (non-hydrogen) atoms. The molecular weight excluding hydrogens is 1070 g/mol. The number of ketones is 1. The minimum atomic E-state index is -3.18. The van der Waals surface area contributed by atoms with E-state index in [1.807, 2.05) is 0 Å². The summed E-state index contributed by atoms with van der Waals surface area (Å²) < 4.78 is 59.6. The predicted molar refractivity (Wildman–Crippen MR) is 366 cm³/mol. The van der Waals surface area contributed by atoms with Gasteiger partial charge >= 0.3 is 7.47 Å². The quantitative estimate of drug-likeness (QED) is 0.0225. The van der Waals surface area contributed by atoms with Gasteiger partial charge < -0.3 is 33.6 Å². The van der Waals surface area contributed by atoms with Crippen LogP contribution in [-0.2, 0) is 4.65 Å². The van der Waals surface area contributed by atoms with E-state index >= 15 is 0 Å². The zero-order valence-corrected chi connectivity index (χ0v) is 56.9. The SMILES string of the molecule is CCCCCCCCCCCCCCCCOc1c[nH]c(C(=O)/C=C(\OB(F)F)c2[nH]cc(OCCCCCCCCCCCCCCCC)c2OCCCCCCCCCCCCCCCC)c1OCCCCCCCCCCCCCCCC. The third-order valence-electron chi connectivity index (χ3n) is 17.6. The Bertz CT molecular complexity index is 1780. The molecule has 2 heterocycles. The minimum Gasteiger partial charge on any atom is -0.503 e. The summed E-state index contributed by atoms with van der Waals surface area (Å²) in [4.78, 5) is 20.6. The Morgan fingerprint density at radius 2 is 0.535 bits per heavy atom. The van der Waals surface area contributed by atoms with Crippen molar-refractivity contribution in [3.8, 4) is 23.0 Å². The summed E-state index contributed by atoms with van der Waals surface area (Å²) >= 11 is 0. The van der Waals surface area contributed by atoms with Gasteiger partial charge in [0.15, 0.2) is 23.0 Å². The number of unbranched alkanes of at least 4 members (excludes halogenated alkanes) is 52. The van der Waals surface area contributed by atoms with Gasteiger partial charge in [-0.05, 0) is 25.7 Å². The fraction of sp³-hybridized carbons (Fsp3) is 0.853. The second-order valence-electron chi connectivity index (χ2n) is 25.7. The Balaban J connectivity index is 2.11. The Labute approximate surface area is 530 Å². The van der Waals surface area contributed by atoms with Crippen molar-refractivity contribution in [2.45, 2.75) is 387 Å². The molecule has 0 spiro atoms. The minimum absolute atomic E-state index is 0.146.